The number of likely N-dealkylation sites (tertiary alicyclic amines) is 1. The third-order valence-electron chi connectivity index (χ3n) is 6.10. The Balaban J connectivity index is 1.48. The molecule has 7 heteroatoms. The summed E-state index contributed by atoms with van der Waals surface area (Å²) in [6, 6.07) is 10.8. The van der Waals surface area contributed by atoms with Crippen LogP contribution in [0.1, 0.15) is 49.1 Å². The molecular weight excluding hydrogens is 385 g/mol. The van der Waals surface area contributed by atoms with E-state index in [4.69, 9.17) is 5.11 Å². The molecule has 158 valence electrons. The van der Waals surface area contributed by atoms with Crippen molar-refractivity contribution in [3.05, 3.63) is 59.5 Å². The number of hydrogen-bond donors (Lipinski definition) is 1. The molecule has 4 rings (SSSR count). The summed E-state index contributed by atoms with van der Waals surface area (Å²) in [7, 11) is 0. The fraction of sp³-hybridized carbons (Fsp3) is 0.435. The lowest BCUT2D eigenvalue weighted by Gasteiger charge is -2.39. The lowest BCUT2D eigenvalue weighted by atomic mass is 9.88. The Morgan fingerprint density at radius 1 is 1.17 bits per heavy atom. The predicted molar refractivity (Wildman–Crippen MR) is 111 cm³/mol. The topological polar surface area (TPSA) is 73.7 Å². The fourth-order valence-electron chi connectivity index (χ4n) is 4.67. The number of piperidine rings is 1. The van der Waals surface area contributed by atoms with E-state index in [1.165, 1.54) is 11.6 Å². The number of nitrogens with zero attached hydrogens (tertiary/aromatic N) is 3. The van der Waals surface area contributed by atoms with Crippen LogP contribution in [-0.2, 0) is 16.1 Å². The molecule has 0 spiro atoms. The summed E-state index contributed by atoms with van der Waals surface area (Å²) in [6.45, 7) is 1.85. The molecule has 1 aromatic carbocycles. The molecule has 0 aliphatic carbocycles. The van der Waals surface area contributed by atoms with Crippen molar-refractivity contribution in [1.29, 1.82) is 0 Å². The van der Waals surface area contributed by atoms with Crippen molar-refractivity contribution in [3.8, 4) is 0 Å². The summed E-state index contributed by atoms with van der Waals surface area (Å²) in [5.74, 6) is 0.220. The maximum atomic E-state index is 13.7. The molecule has 1 aromatic heterocycles. The average molecular weight is 411 g/mol. The molecule has 2 unspecified atom stereocenters. The highest BCUT2D eigenvalue weighted by atomic mass is 19.1. The first-order valence-electron chi connectivity index (χ1n) is 10.5. The molecule has 3 heterocycles. The summed E-state index contributed by atoms with van der Waals surface area (Å²) in [5.41, 5.74) is 2.08. The van der Waals surface area contributed by atoms with Gasteiger partial charge in [0.15, 0.2) is 0 Å². The van der Waals surface area contributed by atoms with Crippen molar-refractivity contribution < 1.29 is 19.1 Å². The molecule has 0 saturated carbocycles. The number of aliphatic carboxylic acids is 1. The summed E-state index contributed by atoms with van der Waals surface area (Å²) in [4.78, 5) is 32.1. The minimum Gasteiger partial charge on any atom is -0.481 e. The number of benzene rings is 1. The van der Waals surface area contributed by atoms with Gasteiger partial charge in [-0.15, -0.1) is 0 Å². The minimum absolute atomic E-state index is 0.0773. The number of aromatic nitrogens is 1. The largest absolute Gasteiger partial charge is 0.481 e. The molecule has 2 aliphatic heterocycles. The summed E-state index contributed by atoms with van der Waals surface area (Å²) >= 11 is 0. The standard InChI is InChI=1S/C23H26FN3O3/c24-17-6-3-5-16(13-17)14-27-20-15-26(21(28)8-1-2-9-22(29)30)12-10-18(20)19-7-4-11-25-23(19)27/h3-7,11,13,18,20H,1-2,8-10,12,14-15H2,(H,29,30). The van der Waals surface area contributed by atoms with Gasteiger partial charge in [-0.05, 0) is 48.6 Å². The molecular formula is C23H26FN3O3. The molecule has 1 amide bonds. The number of halogens is 1. The number of carbonyl (C=O) groups is 2. The Labute approximate surface area is 175 Å². The summed E-state index contributed by atoms with van der Waals surface area (Å²) < 4.78 is 13.7. The number of carbonyl (C=O) groups excluding carboxylic acids is 1. The molecule has 2 atom stereocenters. The molecule has 0 bridgehead atoms. The number of hydrogen-bond acceptors (Lipinski definition) is 4. The Kier molecular flexibility index (Phi) is 5.97. The molecule has 2 aromatic rings. The number of fused-ring (bicyclic) bond motifs is 3. The van der Waals surface area contributed by atoms with Crippen molar-refractivity contribution in [3.63, 3.8) is 0 Å². The zero-order valence-corrected chi connectivity index (χ0v) is 16.8. The number of amides is 1. The number of carboxylic acid groups (broad SMARTS) is 1. The van der Waals surface area contributed by atoms with Crippen LogP contribution in [0.5, 0.6) is 0 Å². The maximum absolute atomic E-state index is 13.7. The molecule has 1 fully saturated rings. The van der Waals surface area contributed by atoms with Gasteiger partial charge in [-0.1, -0.05) is 18.2 Å². The second-order valence-electron chi connectivity index (χ2n) is 8.08. The smallest absolute Gasteiger partial charge is 0.303 e. The van der Waals surface area contributed by atoms with Gasteiger partial charge in [0.1, 0.15) is 11.6 Å². The third-order valence-corrected chi connectivity index (χ3v) is 6.10. The maximum Gasteiger partial charge on any atom is 0.303 e. The zero-order chi connectivity index (χ0) is 21.1. The number of unbranched alkanes of at least 4 members (excludes halogenated alkanes) is 1. The van der Waals surface area contributed by atoms with E-state index >= 15 is 0 Å². The van der Waals surface area contributed by atoms with Gasteiger partial charge in [-0.2, -0.15) is 0 Å². The van der Waals surface area contributed by atoms with Crippen molar-refractivity contribution in [1.82, 2.24) is 9.88 Å². The van der Waals surface area contributed by atoms with E-state index < -0.39 is 5.97 Å². The van der Waals surface area contributed by atoms with Crippen LogP contribution in [0, 0.1) is 5.82 Å². The fourth-order valence-corrected chi connectivity index (χ4v) is 4.67. The SMILES string of the molecule is O=C(O)CCCCC(=O)N1CCC2c3cccnc3N(Cc3cccc(F)c3)C2C1. The molecule has 0 radical (unpaired) electrons. The first kappa shape index (κ1) is 20.3. The highest BCUT2D eigenvalue weighted by Crippen LogP contribution is 2.44. The van der Waals surface area contributed by atoms with E-state index in [-0.39, 0.29) is 24.2 Å². The molecule has 6 nitrogen and oxygen atoms in total. The summed E-state index contributed by atoms with van der Waals surface area (Å²) in [5, 5.41) is 8.75. The normalized spacial score (nSPS) is 20.0. The first-order valence-corrected chi connectivity index (χ1v) is 10.5. The number of anilines is 1. The van der Waals surface area contributed by atoms with Crippen LogP contribution in [0.25, 0.3) is 0 Å². The van der Waals surface area contributed by atoms with Gasteiger partial charge in [0.2, 0.25) is 5.91 Å². The van der Waals surface area contributed by atoms with Crippen LogP contribution >= 0.6 is 0 Å². The quantitative estimate of drug-likeness (QED) is 0.705. The highest BCUT2D eigenvalue weighted by Gasteiger charge is 2.43. The third kappa shape index (κ3) is 4.30. The van der Waals surface area contributed by atoms with Crippen molar-refractivity contribution in [2.45, 2.75) is 50.6 Å². The van der Waals surface area contributed by atoms with Gasteiger partial charge < -0.3 is 14.9 Å². The van der Waals surface area contributed by atoms with Gasteiger partial charge in [-0.3, -0.25) is 9.59 Å². The Hall–Kier alpha value is -2.96. The molecule has 1 N–H and O–H groups in total. The van der Waals surface area contributed by atoms with E-state index in [2.05, 4.69) is 16.0 Å². The predicted octanol–water partition coefficient (Wildman–Crippen LogP) is 3.57. The van der Waals surface area contributed by atoms with E-state index in [9.17, 15) is 14.0 Å². The molecule has 2 aliphatic rings. The molecule has 30 heavy (non-hydrogen) atoms. The van der Waals surface area contributed by atoms with Gasteiger partial charge >= 0.3 is 5.97 Å². The van der Waals surface area contributed by atoms with Gasteiger partial charge in [0.05, 0.1) is 6.04 Å². The van der Waals surface area contributed by atoms with Crippen molar-refractivity contribution in [2.75, 3.05) is 18.0 Å². The van der Waals surface area contributed by atoms with E-state index in [1.807, 2.05) is 17.0 Å². The summed E-state index contributed by atoms with van der Waals surface area (Å²) in [6.07, 6.45) is 4.22. The van der Waals surface area contributed by atoms with Crippen molar-refractivity contribution >= 4 is 17.7 Å². The van der Waals surface area contributed by atoms with Gasteiger partial charge in [0, 0.05) is 44.6 Å². The van der Waals surface area contributed by atoms with Crippen molar-refractivity contribution in [2.24, 2.45) is 0 Å². The second kappa shape index (κ2) is 8.81. The number of rotatable bonds is 7. The van der Waals surface area contributed by atoms with Crippen LogP contribution in [0.2, 0.25) is 0 Å². The van der Waals surface area contributed by atoms with E-state index in [0.717, 1.165) is 17.8 Å². The zero-order valence-electron chi connectivity index (χ0n) is 16.8. The Morgan fingerprint density at radius 3 is 2.80 bits per heavy atom. The van der Waals surface area contributed by atoms with E-state index in [0.29, 0.717) is 44.8 Å². The van der Waals surface area contributed by atoms with E-state index in [1.54, 1.807) is 18.3 Å². The monoisotopic (exact) mass is 411 g/mol. The van der Waals surface area contributed by atoms with Crippen LogP contribution in [0.3, 0.4) is 0 Å². The Morgan fingerprint density at radius 2 is 2.00 bits per heavy atom. The number of pyridine rings is 1. The van der Waals surface area contributed by atoms with Crippen LogP contribution in [0.15, 0.2) is 42.6 Å². The van der Waals surface area contributed by atoms with Gasteiger partial charge in [-0.25, -0.2) is 9.37 Å². The Bertz CT molecular complexity index is 935. The average Bonchev–Trinajstić information content (AvgIpc) is 3.04. The molecule has 1 saturated heterocycles. The highest BCUT2D eigenvalue weighted by molar-refractivity contribution is 5.77. The second-order valence-corrected chi connectivity index (χ2v) is 8.08. The van der Waals surface area contributed by atoms with Crippen LogP contribution in [-0.4, -0.2) is 46.0 Å². The minimum atomic E-state index is -0.826. The lowest BCUT2D eigenvalue weighted by molar-refractivity contribution is -0.137. The van der Waals surface area contributed by atoms with Crippen LogP contribution < -0.4 is 4.90 Å². The first-order chi connectivity index (χ1) is 14.5. The van der Waals surface area contributed by atoms with Gasteiger partial charge in [0.25, 0.3) is 0 Å². The van der Waals surface area contributed by atoms with Crippen LogP contribution in [0.4, 0.5) is 10.2 Å². The lowest BCUT2D eigenvalue weighted by Crippen LogP contribution is -2.50. The number of carboxylic acids is 1.